The topological polar surface area (TPSA) is 84.4 Å². The monoisotopic (exact) mass is 250 g/mol. The Hall–Kier alpha value is -0.313. The van der Waals surface area contributed by atoms with Gasteiger partial charge in [-0.25, -0.2) is 0 Å². The van der Waals surface area contributed by atoms with Crippen molar-refractivity contribution in [1.29, 1.82) is 0 Å². The average Bonchev–Trinajstić information content (AvgIpc) is 2.28. The van der Waals surface area contributed by atoms with E-state index >= 15 is 0 Å². The molecule has 1 unspecified atom stereocenters. The number of hydrogen-bond donors (Lipinski definition) is 3. The minimum absolute atomic E-state index is 0. The standard InChI is InChI=1S/C12H24N2O3.Li/c1-2-3-4-5-11(15)10-14-9-8-13-7-6-12(16)17;/h3-4,11,13-15H,2,5-10H2,1H3,(H,16,17);/q;+1/p-1/b4-3+;. The van der Waals surface area contributed by atoms with Gasteiger partial charge in [0, 0.05) is 32.1 Å². The molecule has 0 heterocycles. The maximum atomic E-state index is 10.1. The second-order valence-electron chi connectivity index (χ2n) is 3.85. The molecule has 0 aliphatic rings. The van der Waals surface area contributed by atoms with Crippen LogP contribution in [0.25, 0.3) is 0 Å². The first kappa shape index (κ1) is 20.0. The third-order valence-electron chi connectivity index (χ3n) is 2.17. The van der Waals surface area contributed by atoms with Crippen molar-refractivity contribution in [2.75, 3.05) is 26.2 Å². The normalized spacial score (nSPS) is 12.3. The summed E-state index contributed by atoms with van der Waals surface area (Å²) < 4.78 is 0. The second-order valence-corrected chi connectivity index (χ2v) is 3.85. The maximum Gasteiger partial charge on any atom is 1.00 e. The third kappa shape index (κ3) is 15.7. The number of rotatable bonds is 11. The van der Waals surface area contributed by atoms with Gasteiger partial charge in [-0.15, -0.1) is 0 Å². The molecule has 100 valence electrons. The molecule has 0 aliphatic heterocycles. The van der Waals surface area contributed by atoms with E-state index in [2.05, 4.69) is 17.6 Å². The molecule has 0 saturated heterocycles. The van der Waals surface area contributed by atoms with Gasteiger partial charge in [0.25, 0.3) is 0 Å². The maximum absolute atomic E-state index is 10.1. The molecule has 1 atom stereocenters. The first-order chi connectivity index (χ1) is 8.16. The molecule has 0 saturated carbocycles. The van der Waals surface area contributed by atoms with Crippen molar-refractivity contribution in [3.63, 3.8) is 0 Å². The van der Waals surface area contributed by atoms with Gasteiger partial charge in [-0.1, -0.05) is 19.1 Å². The van der Waals surface area contributed by atoms with Crippen LogP contribution in [0.15, 0.2) is 12.2 Å². The Morgan fingerprint density at radius 1 is 1.28 bits per heavy atom. The van der Waals surface area contributed by atoms with E-state index in [1.807, 2.05) is 12.2 Å². The van der Waals surface area contributed by atoms with E-state index in [4.69, 9.17) is 0 Å². The Bertz CT molecular complexity index is 225. The van der Waals surface area contributed by atoms with Crippen LogP contribution in [0.4, 0.5) is 0 Å². The first-order valence-corrected chi connectivity index (χ1v) is 6.11. The molecule has 6 heteroatoms. The van der Waals surface area contributed by atoms with Gasteiger partial charge in [-0.3, -0.25) is 0 Å². The average molecular weight is 250 g/mol. The van der Waals surface area contributed by atoms with E-state index < -0.39 is 5.97 Å². The summed E-state index contributed by atoms with van der Waals surface area (Å²) in [6.45, 7) is 4.42. The van der Waals surface area contributed by atoms with Gasteiger partial charge in [0.2, 0.25) is 0 Å². The molecule has 3 N–H and O–H groups in total. The van der Waals surface area contributed by atoms with E-state index in [1.54, 1.807) is 0 Å². The van der Waals surface area contributed by atoms with E-state index in [0.29, 0.717) is 32.6 Å². The summed E-state index contributed by atoms with van der Waals surface area (Å²) in [4.78, 5) is 10.1. The SMILES string of the molecule is CC/C=C/CC(O)CNCCNCCC(=O)[O-].[Li+]. The van der Waals surface area contributed by atoms with Crippen molar-refractivity contribution >= 4 is 5.97 Å². The van der Waals surface area contributed by atoms with Crippen LogP contribution in [0, 0.1) is 0 Å². The number of hydrogen-bond acceptors (Lipinski definition) is 5. The van der Waals surface area contributed by atoms with Crippen LogP contribution in [0.5, 0.6) is 0 Å². The summed E-state index contributed by atoms with van der Waals surface area (Å²) in [7, 11) is 0. The number of carbonyl (C=O) groups is 1. The predicted molar refractivity (Wildman–Crippen MR) is 65.4 cm³/mol. The molecular formula is C12H23LiN2O3. The summed E-state index contributed by atoms with van der Waals surface area (Å²) in [6, 6.07) is 0. The summed E-state index contributed by atoms with van der Waals surface area (Å²) in [5.41, 5.74) is 0. The fourth-order valence-corrected chi connectivity index (χ4v) is 1.26. The van der Waals surface area contributed by atoms with Crippen molar-refractivity contribution in [2.24, 2.45) is 0 Å². The smallest absolute Gasteiger partial charge is 0.550 e. The van der Waals surface area contributed by atoms with E-state index in [9.17, 15) is 15.0 Å². The molecule has 0 amide bonds. The summed E-state index contributed by atoms with van der Waals surface area (Å²) in [5.74, 6) is -1.04. The van der Waals surface area contributed by atoms with Crippen LogP contribution >= 0.6 is 0 Å². The predicted octanol–water partition coefficient (Wildman–Crippen LogP) is -3.97. The van der Waals surface area contributed by atoms with Crippen molar-refractivity contribution in [3.8, 4) is 0 Å². The van der Waals surface area contributed by atoms with Crippen molar-refractivity contribution in [3.05, 3.63) is 12.2 Å². The molecule has 0 bridgehead atoms. The number of allylic oxidation sites excluding steroid dienone is 1. The Kier molecular flexibility index (Phi) is 16.4. The second kappa shape index (κ2) is 14.7. The summed E-state index contributed by atoms with van der Waals surface area (Å²) >= 11 is 0. The number of carboxylic acids is 1. The van der Waals surface area contributed by atoms with Crippen molar-refractivity contribution in [1.82, 2.24) is 10.6 Å². The first-order valence-electron chi connectivity index (χ1n) is 6.11. The minimum Gasteiger partial charge on any atom is -0.550 e. The van der Waals surface area contributed by atoms with E-state index in [0.717, 1.165) is 6.42 Å². The van der Waals surface area contributed by atoms with Crippen LogP contribution < -0.4 is 34.6 Å². The van der Waals surface area contributed by atoms with Gasteiger partial charge in [-0.05, 0) is 19.3 Å². The molecule has 0 aromatic heterocycles. The molecule has 18 heavy (non-hydrogen) atoms. The number of nitrogens with one attached hydrogen (secondary N) is 2. The Morgan fingerprint density at radius 2 is 1.94 bits per heavy atom. The van der Waals surface area contributed by atoms with Gasteiger partial charge in [0.1, 0.15) is 0 Å². The molecule has 0 fully saturated rings. The number of aliphatic carboxylic acids is 1. The fraction of sp³-hybridized carbons (Fsp3) is 0.750. The zero-order valence-electron chi connectivity index (χ0n) is 11.4. The largest absolute Gasteiger partial charge is 1.00 e. The van der Waals surface area contributed by atoms with Crippen LogP contribution in [-0.4, -0.2) is 43.4 Å². The van der Waals surface area contributed by atoms with Gasteiger partial charge in [0.05, 0.1) is 6.10 Å². The Labute approximate surface area is 121 Å². The van der Waals surface area contributed by atoms with Crippen LogP contribution in [0.2, 0.25) is 0 Å². The molecular weight excluding hydrogens is 227 g/mol. The molecule has 0 aliphatic carbocycles. The third-order valence-corrected chi connectivity index (χ3v) is 2.17. The van der Waals surface area contributed by atoms with Crippen molar-refractivity contribution < 1.29 is 33.9 Å². The van der Waals surface area contributed by atoms with Crippen LogP contribution in [-0.2, 0) is 4.79 Å². The number of aliphatic hydroxyl groups excluding tert-OH is 1. The molecule has 0 aromatic rings. The fourth-order valence-electron chi connectivity index (χ4n) is 1.26. The van der Waals surface area contributed by atoms with E-state index in [-0.39, 0.29) is 31.4 Å². The molecule has 5 nitrogen and oxygen atoms in total. The Balaban J connectivity index is 0. The van der Waals surface area contributed by atoms with Crippen LogP contribution in [0.3, 0.4) is 0 Å². The zero-order chi connectivity index (χ0) is 12.9. The quantitative estimate of drug-likeness (QED) is 0.198. The number of aliphatic hydroxyl groups is 1. The van der Waals surface area contributed by atoms with Gasteiger partial charge < -0.3 is 25.6 Å². The zero-order valence-corrected chi connectivity index (χ0v) is 11.4. The Morgan fingerprint density at radius 3 is 2.56 bits per heavy atom. The summed E-state index contributed by atoms with van der Waals surface area (Å²) in [5, 5.41) is 25.7. The molecule has 0 radical (unpaired) electrons. The van der Waals surface area contributed by atoms with Gasteiger partial charge in [-0.2, -0.15) is 0 Å². The summed E-state index contributed by atoms with van der Waals surface area (Å²) in [6.07, 6.45) is 5.34. The molecule has 0 rings (SSSR count). The van der Waals surface area contributed by atoms with Crippen LogP contribution in [0.1, 0.15) is 26.2 Å². The number of carboxylic acid groups (broad SMARTS) is 1. The van der Waals surface area contributed by atoms with Crippen molar-refractivity contribution in [2.45, 2.75) is 32.3 Å². The van der Waals surface area contributed by atoms with Gasteiger partial charge in [0.15, 0.2) is 0 Å². The molecule has 0 spiro atoms. The molecule has 0 aromatic carbocycles. The number of carbonyl (C=O) groups excluding carboxylic acids is 1. The van der Waals surface area contributed by atoms with E-state index in [1.165, 1.54) is 0 Å². The van der Waals surface area contributed by atoms with Gasteiger partial charge >= 0.3 is 18.9 Å². The minimum atomic E-state index is -1.04.